The number of aromatic nitrogens is 3. The molecule has 0 aliphatic heterocycles. The molecule has 128 valence electrons. The van der Waals surface area contributed by atoms with Crippen molar-refractivity contribution in [1.29, 1.82) is 0 Å². The SMILES string of the molecule is CC(Cc1cn(C)c2ccccc12)NC(=O)c1cc2c(nn1)CCC2. The average molecular weight is 334 g/mol. The number of nitrogens with zero attached hydrogens (tertiary/aromatic N) is 3. The van der Waals surface area contributed by atoms with Crippen LogP contribution in [0.25, 0.3) is 10.9 Å². The lowest BCUT2D eigenvalue weighted by atomic mass is 10.1. The Labute approximate surface area is 147 Å². The molecule has 1 N–H and O–H groups in total. The molecule has 0 bridgehead atoms. The molecular formula is C20H22N4O. The first-order chi connectivity index (χ1) is 12.1. The minimum atomic E-state index is -0.144. The number of rotatable bonds is 4. The quantitative estimate of drug-likeness (QED) is 0.798. The lowest BCUT2D eigenvalue weighted by Gasteiger charge is -2.13. The average Bonchev–Trinajstić information content (AvgIpc) is 3.19. The molecule has 0 radical (unpaired) electrons. The van der Waals surface area contributed by atoms with Gasteiger partial charge in [-0.2, -0.15) is 5.10 Å². The molecule has 5 heteroatoms. The second kappa shape index (κ2) is 6.31. The van der Waals surface area contributed by atoms with Gasteiger partial charge in [-0.1, -0.05) is 18.2 Å². The summed E-state index contributed by atoms with van der Waals surface area (Å²) in [6, 6.07) is 10.3. The fourth-order valence-electron chi connectivity index (χ4n) is 3.71. The van der Waals surface area contributed by atoms with Crippen molar-refractivity contribution >= 4 is 16.8 Å². The van der Waals surface area contributed by atoms with Crippen molar-refractivity contribution < 1.29 is 4.79 Å². The number of nitrogens with one attached hydrogen (secondary N) is 1. The van der Waals surface area contributed by atoms with Gasteiger partial charge in [-0.25, -0.2) is 0 Å². The molecular weight excluding hydrogens is 312 g/mol. The van der Waals surface area contributed by atoms with E-state index < -0.39 is 0 Å². The van der Waals surface area contributed by atoms with Gasteiger partial charge in [0.25, 0.3) is 5.91 Å². The van der Waals surface area contributed by atoms with Crippen LogP contribution >= 0.6 is 0 Å². The van der Waals surface area contributed by atoms with Gasteiger partial charge in [0.05, 0.1) is 5.69 Å². The topological polar surface area (TPSA) is 59.8 Å². The molecule has 0 spiro atoms. The number of carbonyl (C=O) groups is 1. The van der Waals surface area contributed by atoms with Gasteiger partial charge in [-0.3, -0.25) is 4.79 Å². The summed E-state index contributed by atoms with van der Waals surface area (Å²) in [7, 11) is 2.05. The molecule has 3 aromatic rings. The molecule has 2 heterocycles. The Kier molecular flexibility index (Phi) is 3.99. The summed E-state index contributed by atoms with van der Waals surface area (Å²) >= 11 is 0. The summed E-state index contributed by atoms with van der Waals surface area (Å²) in [5.74, 6) is -0.144. The van der Waals surface area contributed by atoms with Gasteiger partial charge < -0.3 is 9.88 Å². The third-order valence-corrected chi connectivity index (χ3v) is 4.94. The first-order valence-corrected chi connectivity index (χ1v) is 8.81. The fraction of sp³-hybridized carbons (Fsp3) is 0.350. The number of aryl methyl sites for hydroxylation is 3. The highest BCUT2D eigenvalue weighted by Crippen LogP contribution is 2.22. The highest BCUT2D eigenvalue weighted by atomic mass is 16.2. The monoisotopic (exact) mass is 334 g/mol. The van der Waals surface area contributed by atoms with Crippen LogP contribution in [-0.4, -0.2) is 26.7 Å². The molecule has 1 aliphatic carbocycles. The minimum Gasteiger partial charge on any atom is -0.350 e. The van der Waals surface area contributed by atoms with Crippen LogP contribution in [0.1, 0.15) is 40.7 Å². The molecule has 1 aromatic carbocycles. The van der Waals surface area contributed by atoms with E-state index in [1.165, 1.54) is 22.0 Å². The van der Waals surface area contributed by atoms with Crippen LogP contribution in [0.2, 0.25) is 0 Å². The Morgan fingerprint density at radius 3 is 3.00 bits per heavy atom. The summed E-state index contributed by atoms with van der Waals surface area (Å²) < 4.78 is 2.13. The zero-order valence-electron chi connectivity index (χ0n) is 14.6. The molecule has 0 fully saturated rings. The van der Waals surface area contributed by atoms with Crippen molar-refractivity contribution in [1.82, 2.24) is 20.1 Å². The molecule has 0 saturated heterocycles. The Morgan fingerprint density at radius 1 is 1.28 bits per heavy atom. The van der Waals surface area contributed by atoms with E-state index in [2.05, 4.69) is 51.5 Å². The van der Waals surface area contributed by atoms with Crippen LogP contribution in [0.5, 0.6) is 0 Å². The second-order valence-corrected chi connectivity index (χ2v) is 6.92. The van der Waals surface area contributed by atoms with Crippen LogP contribution < -0.4 is 5.32 Å². The van der Waals surface area contributed by atoms with Gasteiger partial charge in [0.1, 0.15) is 0 Å². The highest BCUT2D eigenvalue weighted by Gasteiger charge is 2.18. The molecule has 25 heavy (non-hydrogen) atoms. The fourth-order valence-corrected chi connectivity index (χ4v) is 3.71. The smallest absolute Gasteiger partial charge is 0.272 e. The normalized spacial score (nSPS) is 14.5. The minimum absolute atomic E-state index is 0.0216. The first-order valence-electron chi connectivity index (χ1n) is 8.81. The van der Waals surface area contributed by atoms with Crippen LogP contribution in [0.15, 0.2) is 36.5 Å². The number of fused-ring (bicyclic) bond motifs is 2. The molecule has 1 atom stereocenters. The van der Waals surface area contributed by atoms with Crippen LogP contribution in [0, 0.1) is 0 Å². The Hall–Kier alpha value is -2.69. The lowest BCUT2D eigenvalue weighted by Crippen LogP contribution is -2.34. The van der Waals surface area contributed by atoms with Crippen molar-refractivity contribution in [2.75, 3.05) is 0 Å². The number of hydrogen-bond acceptors (Lipinski definition) is 3. The van der Waals surface area contributed by atoms with Gasteiger partial charge >= 0.3 is 0 Å². The Morgan fingerprint density at radius 2 is 2.12 bits per heavy atom. The predicted molar refractivity (Wildman–Crippen MR) is 97.6 cm³/mol. The van der Waals surface area contributed by atoms with E-state index in [0.717, 1.165) is 31.4 Å². The molecule has 1 unspecified atom stereocenters. The molecule has 0 saturated carbocycles. The van der Waals surface area contributed by atoms with E-state index in [0.29, 0.717) is 5.69 Å². The largest absolute Gasteiger partial charge is 0.350 e. The summed E-state index contributed by atoms with van der Waals surface area (Å²) in [5.41, 5.74) is 5.08. The van der Waals surface area contributed by atoms with Crippen molar-refractivity contribution in [2.24, 2.45) is 7.05 Å². The summed E-state index contributed by atoms with van der Waals surface area (Å²) in [4.78, 5) is 12.5. The number of amides is 1. The molecule has 2 aromatic heterocycles. The van der Waals surface area contributed by atoms with Crippen LogP contribution in [0.3, 0.4) is 0 Å². The van der Waals surface area contributed by atoms with Crippen molar-refractivity contribution in [3.05, 3.63) is 59.0 Å². The van der Waals surface area contributed by atoms with Gasteiger partial charge in [0.2, 0.25) is 0 Å². The van der Waals surface area contributed by atoms with E-state index in [9.17, 15) is 4.79 Å². The third-order valence-electron chi connectivity index (χ3n) is 4.94. The van der Waals surface area contributed by atoms with E-state index in [4.69, 9.17) is 0 Å². The standard InChI is InChI=1S/C20H22N4O/c1-13(10-15-12-24(2)19-9-4-3-7-16(15)19)21-20(25)18-11-14-6-5-8-17(14)22-23-18/h3-4,7,9,11-13H,5-6,8,10H2,1-2H3,(H,21,25). The van der Waals surface area contributed by atoms with Gasteiger partial charge in [-0.05, 0) is 55.9 Å². The van der Waals surface area contributed by atoms with Crippen molar-refractivity contribution in [3.63, 3.8) is 0 Å². The zero-order chi connectivity index (χ0) is 17.4. The van der Waals surface area contributed by atoms with Crippen LogP contribution in [-0.2, 0) is 26.3 Å². The maximum absolute atomic E-state index is 12.5. The third kappa shape index (κ3) is 3.02. The van der Waals surface area contributed by atoms with E-state index in [1.807, 2.05) is 19.1 Å². The maximum Gasteiger partial charge on any atom is 0.272 e. The molecule has 1 aliphatic rings. The highest BCUT2D eigenvalue weighted by molar-refractivity contribution is 5.92. The van der Waals surface area contributed by atoms with Gasteiger partial charge in [0.15, 0.2) is 5.69 Å². The lowest BCUT2D eigenvalue weighted by molar-refractivity contribution is 0.0934. The van der Waals surface area contributed by atoms with Gasteiger partial charge in [0, 0.05) is 30.2 Å². The van der Waals surface area contributed by atoms with E-state index in [1.54, 1.807) is 0 Å². The Balaban J connectivity index is 1.48. The summed E-state index contributed by atoms with van der Waals surface area (Å²) in [6.45, 7) is 2.03. The van der Waals surface area contributed by atoms with E-state index in [-0.39, 0.29) is 11.9 Å². The van der Waals surface area contributed by atoms with Crippen molar-refractivity contribution in [2.45, 2.75) is 38.6 Å². The maximum atomic E-state index is 12.5. The van der Waals surface area contributed by atoms with Crippen LogP contribution in [0.4, 0.5) is 0 Å². The number of hydrogen-bond donors (Lipinski definition) is 1. The Bertz CT molecular complexity index is 944. The second-order valence-electron chi connectivity index (χ2n) is 6.92. The zero-order valence-corrected chi connectivity index (χ0v) is 14.6. The summed E-state index contributed by atoms with van der Waals surface area (Å²) in [6.07, 6.45) is 6.00. The first kappa shape index (κ1) is 15.8. The molecule has 5 nitrogen and oxygen atoms in total. The van der Waals surface area contributed by atoms with Gasteiger partial charge in [-0.15, -0.1) is 5.10 Å². The van der Waals surface area contributed by atoms with E-state index >= 15 is 0 Å². The van der Waals surface area contributed by atoms with Crippen molar-refractivity contribution in [3.8, 4) is 0 Å². The number of para-hydroxylation sites is 1. The predicted octanol–water partition coefficient (Wildman–Crippen LogP) is 2.82. The number of benzene rings is 1. The molecule has 4 rings (SSSR count). The molecule has 1 amide bonds. The summed E-state index contributed by atoms with van der Waals surface area (Å²) in [5, 5.41) is 12.6. The number of carbonyl (C=O) groups excluding carboxylic acids is 1.